The molecule has 0 aliphatic carbocycles. The van der Waals surface area contributed by atoms with E-state index >= 15 is 0 Å². The fraction of sp³-hybridized carbons (Fsp3) is 0.273. The quantitative estimate of drug-likeness (QED) is 0.357. The third-order valence-electron chi connectivity index (χ3n) is 2.08. The summed E-state index contributed by atoms with van der Waals surface area (Å²) >= 11 is 0. The van der Waals surface area contributed by atoms with Crippen molar-refractivity contribution < 1.29 is 14.7 Å². The van der Waals surface area contributed by atoms with Gasteiger partial charge in [0.1, 0.15) is 11.5 Å². The topological polar surface area (TPSA) is 58.9 Å². The lowest BCUT2D eigenvalue weighted by molar-refractivity contribution is 0.105. The molecule has 15 heavy (non-hydrogen) atoms. The number of aryl methyl sites for hydroxylation is 1. The van der Waals surface area contributed by atoms with E-state index in [1.165, 1.54) is 14.0 Å². The average molecular weight is 207 g/mol. The van der Waals surface area contributed by atoms with Crippen molar-refractivity contribution >= 4 is 11.5 Å². The molecule has 80 valence electrons. The Labute approximate surface area is 88.2 Å². The Kier molecular flexibility index (Phi) is 3.44. The van der Waals surface area contributed by atoms with Crippen molar-refractivity contribution in [2.45, 2.75) is 13.8 Å². The Balaban J connectivity index is 3.23. The van der Waals surface area contributed by atoms with E-state index in [1.807, 2.05) is 13.0 Å². The first-order valence-corrected chi connectivity index (χ1v) is 4.48. The highest BCUT2D eigenvalue weighted by Crippen LogP contribution is 2.20. The Morgan fingerprint density at radius 1 is 1.47 bits per heavy atom. The van der Waals surface area contributed by atoms with Gasteiger partial charge < -0.3 is 9.94 Å². The lowest BCUT2D eigenvalue weighted by atomic mass is 10.0. The number of hydrogen-bond acceptors (Lipinski definition) is 4. The van der Waals surface area contributed by atoms with Crippen molar-refractivity contribution in [2.24, 2.45) is 5.16 Å². The van der Waals surface area contributed by atoms with Crippen LogP contribution in [0.15, 0.2) is 23.4 Å². The monoisotopic (exact) mass is 207 g/mol. The van der Waals surface area contributed by atoms with Crippen molar-refractivity contribution in [3.63, 3.8) is 0 Å². The number of rotatable bonds is 3. The van der Waals surface area contributed by atoms with Gasteiger partial charge in [0.05, 0.1) is 12.7 Å². The van der Waals surface area contributed by atoms with Gasteiger partial charge >= 0.3 is 0 Å². The maximum atomic E-state index is 11.7. The van der Waals surface area contributed by atoms with Crippen molar-refractivity contribution in [3.05, 3.63) is 29.3 Å². The normalized spacial score (nSPS) is 11.3. The highest BCUT2D eigenvalue weighted by molar-refractivity contribution is 6.45. The molecule has 0 aromatic heterocycles. The molecule has 1 aromatic carbocycles. The first kappa shape index (κ1) is 11.2. The molecule has 0 saturated heterocycles. The maximum Gasteiger partial charge on any atom is 0.213 e. The van der Waals surface area contributed by atoms with Crippen LogP contribution in [0.4, 0.5) is 0 Å². The fourth-order valence-corrected chi connectivity index (χ4v) is 1.24. The molecule has 0 atom stereocenters. The minimum Gasteiger partial charge on any atom is -0.496 e. The van der Waals surface area contributed by atoms with Gasteiger partial charge in [-0.05, 0) is 26.0 Å². The minimum absolute atomic E-state index is 0.0406. The van der Waals surface area contributed by atoms with Gasteiger partial charge in [0.25, 0.3) is 0 Å². The number of carbonyl (C=O) groups is 1. The molecule has 0 amide bonds. The fourth-order valence-electron chi connectivity index (χ4n) is 1.24. The maximum absolute atomic E-state index is 11.7. The molecule has 4 nitrogen and oxygen atoms in total. The lowest BCUT2D eigenvalue weighted by Gasteiger charge is -2.07. The zero-order chi connectivity index (χ0) is 11.4. The number of nitrogens with zero attached hydrogens (tertiary/aromatic N) is 1. The second kappa shape index (κ2) is 4.59. The third kappa shape index (κ3) is 2.34. The molecule has 0 aliphatic heterocycles. The van der Waals surface area contributed by atoms with E-state index in [2.05, 4.69) is 5.16 Å². The summed E-state index contributed by atoms with van der Waals surface area (Å²) in [7, 11) is 1.49. The lowest BCUT2D eigenvalue weighted by Crippen LogP contribution is -2.12. The summed E-state index contributed by atoms with van der Waals surface area (Å²) in [6, 6.07) is 5.27. The SMILES string of the molecule is COc1ccc(C)cc1C(=O)C(C)=NO. The largest absolute Gasteiger partial charge is 0.496 e. The van der Waals surface area contributed by atoms with Crippen LogP contribution in [0.25, 0.3) is 0 Å². The molecular weight excluding hydrogens is 194 g/mol. The summed E-state index contributed by atoms with van der Waals surface area (Å²) in [6.45, 7) is 3.33. The summed E-state index contributed by atoms with van der Waals surface area (Å²) in [5, 5.41) is 11.4. The summed E-state index contributed by atoms with van der Waals surface area (Å²) in [5.41, 5.74) is 1.40. The number of oxime groups is 1. The van der Waals surface area contributed by atoms with Crippen LogP contribution >= 0.6 is 0 Å². The van der Waals surface area contributed by atoms with Crippen LogP contribution in [0.1, 0.15) is 22.8 Å². The van der Waals surface area contributed by atoms with Crippen LogP contribution in [0.2, 0.25) is 0 Å². The molecule has 1 rings (SSSR count). The second-order valence-electron chi connectivity index (χ2n) is 3.22. The van der Waals surface area contributed by atoms with E-state index in [9.17, 15) is 4.79 Å². The number of ketones is 1. The molecule has 0 heterocycles. The molecule has 0 saturated carbocycles. The van der Waals surface area contributed by atoms with Gasteiger partial charge in [-0.3, -0.25) is 4.79 Å². The van der Waals surface area contributed by atoms with Gasteiger partial charge in [-0.1, -0.05) is 16.8 Å². The first-order chi connectivity index (χ1) is 7.10. The van der Waals surface area contributed by atoms with Crippen LogP contribution in [0, 0.1) is 6.92 Å². The van der Waals surface area contributed by atoms with Gasteiger partial charge in [0.2, 0.25) is 5.78 Å². The molecule has 0 aliphatic rings. The Morgan fingerprint density at radius 3 is 2.67 bits per heavy atom. The summed E-state index contributed by atoms with van der Waals surface area (Å²) < 4.78 is 5.06. The van der Waals surface area contributed by atoms with Crippen LogP contribution in [-0.2, 0) is 0 Å². The molecule has 0 unspecified atom stereocenters. The van der Waals surface area contributed by atoms with Gasteiger partial charge in [-0.25, -0.2) is 0 Å². The van der Waals surface area contributed by atoms with Crippen LogP contribution in [-0.4, -0.2) is 23.8 Å². The molecule has 0 fully saturated rings. The summed E-state index contributed by atoms with van der Waals surface area (Å²) in [4.78, 5) is 11.7. The highest BCUT2D eigenvalue weighted by Gasteiger charge is 2.15. The van der Waals surface area contributed by atoms with Crippen LogP contribution in [0.5, 0.6) is 5.75 Å². The minimum atomic E-state index is -0.335. The van der Waals surface area contributed by atoms with Crippen molar-refractivity contribution in [3.8, 4) is 5.75 Å². The van der Waals surface area contributed by atoms with Gasteiger partial charge in [-0.2, -0.15) is 0 Å². The van der Waals surface area contributed by atoms with Crippen LogP contribution < -0.4 is 4.74 Å². The van der Waals surface area contributed by atoms with Crippen molar-refractivity contribution in [1.29, 1.82) is 0 Å². The third-order valence-corrected chi connectivity index (χ3v) is 2.08. The number of methoxy groups -OCH3 is 1. The predicted octanol–water partition coefficient (Wildman–Crippen LogP) is 2.04. The molecule has 4 heteroatoms. The Hall–Kier alpha value is -1.84. The predicted molar refractivity (Wildman–Crippen MR) is 57.0 cm³/mol. The second-order valence-corrected chi connectivity index (χ2v) is 3.22. The van der Waals surface area contributed by atoms with E-state index < -0.39 is 0 Å². The zero-order valence-corrected chi connectivity index (χ0v) is 8.94. The van der Waals surface area contributed by atoms with Gasteiger partial charge in [-0.15, -0.1) is 0 Å². The standard InChI is InChI=1S/C11H13NO3/c1-7-4-5-10(15-3)9(6-7)11(13)8(2)12-14/h4-6,14H,1-3H3. The zero-order valence-electron chi connectivity index (χ0n) is 8.94. The number of Topliss-reactive ketones (excluding diaryl/α,β-unsaturated/α-hetero) is 1. The average Bonchev–Trinajstić information content (AvgIpc) is 2.27. The van der Waals surface area contributed by atoms with E-state index in [1.54, 1.807) is 12.1 Å². The molecule has 0 radical (unpaired) electrons. The number of benzene rings is 1. The molecule has 0 bridgehead atoms. The van der Waals surface area contributed by atoms with E-state index in [4.69, 9.17) is 9.94 Å². The first-order valence-electron chi connectivity index (χ1n) is 4.48. The molecular formula is C11H13NO3. The van der Waals surface area contributed by atoms with Gasteiger partial charge in [0, 0.05) is 0 Å². The van der Waals surface area contributed by atoms with Gasteiger partial charge in [0.15, 0.2) is 0 Å². The van der Waals surface area contributed by atoms with E-state index in [-0.39, 0.29) is 11.5 Å². The highest BCUT2D eigenvalue weighted by atomic mass is 16.5. The number of hydrogen-bond donors (Lipinski definition) is 1. The Bertz CT molecular complexity index is 410. The molecule has 0 spiro atoms. The summed E-state index contributed by atoms with van der Waals surface area (Å²) in [5.74, 6) is 0.145. The number of carbonyl (C=O) groups excluding carboxylic acids is 1. The van der Waals surface area contributed by atoms with E-state index in [0.29, 0.717) is 11.3 Å². The molecule has 1 aromatic rings. The smallest absolute Gasteiger partial charge is 0.213 e. The van der Waals surface area contributed by atoms with E-state index in [0.717, 1.165) is 5.56 Å². The van der Waals surface area contributed by atoms with Crippen molar-refractivity contribution in [2.75, 3.05) is 7.11 Å². The molecule has 1 N–H and O–H groups in total. The van der Waals surface area contributed by atoms with Crippen LogP contribution in [0.3, 0.4) is 0 Å². The number of ether oxygens (including phenoxy) is 1. The van der Waals surface area contributed by atoms with Crippen molar-refractivity contribution in [1.82, 2.24) is 0 Å². The Morgan fingerprint density at radius 2 is 2.13 bits per heavy atom. The summed E-state index contributed by atoms with van der Waals surface area (Å²) in [6.07, 6.45) is 0.